The van der Waals surface area contributed by atoms with Crippen LogP contribution >= 0.6 is 0 Å². The summed E-state index contributed by atoms with van der Waals surface area (Å²) in [5.41, 5.74) is 0. The van der Waals surface area contributed by atoms with E-state index in [1.165, 1.54) is 257 Å². The van der Waals surface area contributed by atoms with Gasteiger partial charge in [-0.2, -0.15) is 0 Å². The summed E-state index contributed by atoms with van der Waals surface area (Å²) in [5.74, 6) is -0.182. The summed E-state index contributed by atoms with van der Waals surface area (Å²) in [6.07, 6.45) is 71.0. The van der Waals surface area contributed by atoms with Gasteiger partial charge in [0, 0.05) is 6.42 Å². The molecule has 7 atom stereocenters. The van der Waals surface area contributed by atoms with E-state index in [1.54, 1.807) is 6.08 Å². The van der Waals surface area contributed by atoms with Gasteiger partial charge in [0.2, 0.25) is 5.91 Å². The molecule has 1 heterocycles. The van der Waals surface area contributed by atoms with Crippen LogP contribution in [0.3, 0.4) is 0 Å². The van der Waals surface area contributed by atoms with E-state index in [4.69, 9.17) is 9.47 Å². The Bertz CT molecular complexity index is 1350. The minimum absolute atomic E-state index is 0.182. The third kappa shape index (κ3) is 46.5. The van der Waals surface area contributed by atoms with Gasteiger partial charge in [-0.05, 0) is 64.2 Å². The molecule has 1 rings (SSSR count). The molecular weight excluding hydrogens is 959 g/mol. The minimum atomic E-state index is -1.57. The van der Waals surface area contributed by atoms with E-state index in [1.807, 2.05) is 6.08 Å². The molecule has 0 radical (unpaired) electrons. The zero-order chi connectivity index (χ0) is 55.8. The van der Waals surface area contributed by atoms with Crippen LogP contribution in [-0.2, 0) is 14.3 Å². The lowest BCUT2D eigenvalue weighted by molar-refractivity contribution is -0.302. The Hall–Kier alpha value is -1.85. The lowest BCUT2D eigenvalue weighted by atomic mass is 9.99. The summed E-state index contributed by atoms with van der Waals surface area (Å²) in [4.78, 5) is 13.1. The zero-order valence-corrected chi connectivity index (χ0v) is 50.5. The third-order valence-corrected chi connectivity index (χ3v) is 15.9. The first kappa shape index (κ1) is 73.2. The molecule has 0 bridgehead atoms. The van der Waals surface area contributed by atoms with Gasteiger partial charge in [0.25, 0.3) is 0 Å². The fourth-order valence-electron chi connectivity index (χ4n) is 10.6. The molecule has 1 aliphatic rings. The molecule has 452 valence electrons. The molecular formula is C68H127NO8. The Morgan fingerprint density at radius 3 is 1.17 bits per heavy atom. The van der Waals surface area contributed by atoms with Gasteiger partial charge in [0.1, 0.15) is 24.4 Å². The van der Waals surface area contributed by atoms with Gasteiger partial charge in [0.15, 0.2) is 6.29 Å². The number of hydrogen-bond donors (Lipinski definition) is 6. The summed E-state index contributed by atoms with van der Waals surface area (Å²) < 4.78 is 11.3. The van der Waals surface area contributed by atoms with Gasteiger partial charge in [-0.3, -0.25) is 4.79 Å². The van der Waals surface area contributed by atoms with Gasteiger partial charge in [-0.1, -0.05) is 300 Å². The molecule has 0 aromatic heterocycles. The minimum Gasteiger partial charge on any atom is -0.394 e. The second-order valence-corrected chi connectivity index (χ2v) is 23.3. The number of unbranched alkanes of at least 4 members (excludes halogenated alkanes) is 42. The maximum atomic E-state index is 13.1. The second-order valence-electron chi connectivity index (χ2n) is 23.3. The van der Waals surface area contributed by atoms with Crippen molar-refractivity contribution in [1.29, 1.82) is 0 Å². The molecule has 1 aliphatic heterocycles. The molecule has 0 spiro atoms. The standard InChI is InChI=1S/C68H127NO8/c1-3-5-7-9-11-13-15-17-18-19-20-21-22-23-24-25-26-27-28-29-30-31-32-33-34-35-36-37-38-39-40-41-42-43-44-46-48-50-52-54-56-58-64(72)69-61(60-76-68-67(75)66(74)65(73)63(59-70)77-68)62(71)57-55-53-51-49-47-45-16-14-12-10-8-6-4-2/h15,17,19-20,47,49,55,57,61-63,65-68,70-71,73-75H,3-14,16,18,21-46,48,50-54,56,58-60H2,1-2H3,(H,69,72)/b17-15-,20-19-,49-47+,57-55+. The van der Waals surface area contributed by atoms with Crippen molar-refractivity contribution < 1.29 is 39.8 Å². The molecule has 1 amide bonds. The van der Waals surface area contributed by atoms with Gasteiger partial charge >= 0.3 is 0 Å². The highest BCUT2D eigenvalue weighted by Gasteiger charge is 2.44. The SMILES string of the molecule is CCCCCCC/C=C\C/C=C\CCCCCCCCCCCCCCCCCCCCCCCCCCCCCCCC(=O)NC(COC1OC(CO)C(O)C(O)C1O)C(O)/C=C/CC/C=C/CCCCCCCCC. The summed E-state index contributed by atoms with van der Waals surface area (Å²) in [5, 5.41) is 54.4. The van der Waals surface area contributed by atoms with Crippen molar-refractivity contribution in [3.63, 3.8) is 0 Å². The molecule has 7 unspecified atom stereocenters. The molecule has 0 aliphatic carbocycles. The molecule has 9 nitrogen and oxygen atoms in total. The van der Waals surface area contributed by atoms with Crippen LogP contribution in [-0.4, -0.2) is 87.5 Å². The smallest absolute Gasteiger partial charge is 0.220 e. The lowest BCUT2D eigenvalue weighted by Crippen LogP contribution is -2.60. The van der Waals surface area contributed by atoms with E-state index >= 15 is 0 Å². The van der Waals surface area contributed by atoms with Crippen LogP contribution in [0, 0.1) is 0 Å². The molecule has 6 N–H and O–H groups in total. The van der Waals surface area contributed by atoms with Crippen molar-refractivity contribution in [2.45, 2.75) is 365 Å². The number of aliphatic hydroxyl groups is 5. The average Bonchev–Trinajstić information content (AvgIpc) is 3.43. The zero-order valence-electron chi connectivity index (χ0n) is 50.5. The Morgan fingerprint density at radius 1 is 0.442 bits per heavy atom. The Balaban J connectivity index is 2.01. The van der Waals surface area contributed by atoms with Crippen LogP contribution in [0.25, 0.3) is 0 Å². The maximum absolute atomic E-state index is 13.1. The predicted octanol–water partition coefficient (Wildman–Crippen LogP) is 17.6. The highest BCUT2D eigenvalue weighted by atomic mass is 16.7. The largest absolute Gasteiger partial charge is 0.394 e. The molecule has 0 aromatic carbocycles. The number of carbonyl (C=O) groups is 1. The monoisotopic (exact) mass is 1090 g/mol. The summed E-state index contributed by atoms with van der Waals surface area (Å²) in [7, 11) is 0. The molecule has 1 saturated heterocycles. The second kappa shape index (κ2) is 57.4. The number of nitrogens with one attached hydrogen (secondary N) is 1. The van der Waals surface area contributed by atoms with E-state index in [9.17, 15) is 30.3 Å². The van der Waals surface area contributed by atoms with Gasteiger partial charge in [-0.15, -0.1) is 0 Å². The normalized spacial score (nSPS) is 19.0. The Kier molecular flexibility index (Phi) is 54.5. The summed E-state index contributed by atoms with van der Waals surface area (Å²) in [6.45, 7) is 3.76. The van der Waals surface area contributed by atoms with Gasteiger partial charge in [-0.25, -0.2) is 0 Å². The number of ether oxygens (including phenoxy) is 2. The van der Waals surface area contributed by atoms with Crippen LogP contribution in [0.1, 0.15) is 322 Å². The fourth-order valence-corrected chi connectivity index (χ4v) is 10.6. The molecule has 9 heteroatoms. The van der Waals surface area contributed by atoms with Crippen molar-refractivity contribution >= 4 is 5.91 Å². The number of hydrogen-bond acceptors (Lipinski definition) is 8. The molecule has 0 aromatic rings. The first-order chi connectivity index (χ1) is 37.8. The van der Waals surface area contributed by atoms with E-state index in [-0.39, 0.29) is 12.5 Å². The number of amides is 1. The maximum Gasteiger partial charge on any atom is 0.220 e. The van der Waals surface area contributed by atoms with Gasteiger partial charge < -0.3 is 40.3 Å². The number of carbonyl (C=O) groups excluding carboxylic acids is 1. The van der Waals surface area contributed by atoms with Crippen LogP contribution in [0.5, 0.6) is 0 Å². The topological polar surface area (TPSA) is 149 Å². The first-order valence-electron chi connectivity index (χ1n) is 33.4. The van der Waals surface area contributed by atoms with Crippen molar-refractivity contribution in [3.8, 4) is 0 Å². The molecule has 1 fully saturated rings. The Labute approximate surface area is 475 Å². The highest BCUT2D eigenvalue weighted by molar-refractivity contribution is 5.76. The van der Waals surface area contributed by atoms with Crippen LogP contribution in [0.4, 0.5) is 0 Å². The van der Waals surface area contributed by atoms with Crippen LogP contribution in [0.15, 0.2) is 48.6 Å². The number of rotatable bonds is 58. The van der Waals surface area contributed by atoms with Crippen molar-refractivity contribution in [3.05, 3.63) is 48.6 Å². The van der Waals surface area contributed by atoms with E-state index in [0.717, 1.165) is 44.9 Å². The van der Waals surface area contributed by atoms with Crippen LogP contribution in [0.2, 0.25) is 0 Å². The average molecular weight is 1090 g/mol. The van der Waals surface area contributed by atoms with Crippen molar-refractivity contribution in [1.82, 2.24) is 5.32 Å². The summed E-state index contributed by atoms with van der Waals surface area (Å²) >= 11 is 0. The van der Waals surface area contributed by atoms with E-state index in [2.05, 4.69) is 55.6 Å². The molecule has 0 saturated carbocycles. The molecule has 77 heavy (non-hydrogen) atoms. The summed E-state index contributed by atoms with van der Waals surface area (Å²) in [6, 6.07) is -0.820. The Morgan fingerprint density at radius 2 is 0.779 bits per heavy atom. The van der Waals surface area contributed by atoms with E-state index < -0.39 is 49.5 Å². The quantitative estimate of drug-likeness (QED) is 0.0261. The highest BCUT2D eigenvalue weighted by Crippen LogP contribution is 2.23. The van der Waals surface area contributed by atoms with Crippen molar-refractivity contribution in [2.75, 3.05) is 13.2 Å². The fraction of sp³-hybridized carbons (Fsp3) is 0.868. The number of aliphatic hydroxyl groups excluding tert-OH is 5. The van der Waals surface area contributed by atoms with Gasteiger partial charge in [0.05, 0.1) is 25.4 Å². The van der Waals surface area contributed by atoms with Crippen molar-refractivity contribution in [2.24, 2.45) is 0 Å². The third-order valence-electron chi connectivity index (χ3n) is 15.9. The first-order valence-corrected chi connectivity index (χ1v) is 33.4. The lowest BCUT2D eigenvalue weighted by Gasteiger charge is -2.40. The number of allylic oxidation sites excluding steroid dienone is 7. The predicted molar refractivity (Wildman–Crippen MR) is 327 cm³/mol. The van der Waals surface area contributed by atoms with Crippen LogP contribution < -0.4 is 5.32 Å². The van der Waals surface area contributed by atoms with E-state index in [0.29, 0.717) is 6.42 Å².